The Labute approximate surface area is 634 Å². The minimum Gasteiger partial charge on any atom is -0.480 e. The first-order valence-corrected chi connectivity index (χ1v) is 33.9. The van der Waals surface area contributed by atoms with Gasteiger partial charge in [-0.2, -0.15) is 0 Å². The fourth-order valence-corrected chi connectivity index (χ4v) is 11.5. The molecule has 112 heavy (non-hydrogen) atoms. The molecular weight excluding hydrogens is 1530 g/mol. The first kappa shape index (κ1) is 99.2. The van der Waals surface area contributed by atoms with Crippen LogP contribution >= 0.6 is 0 Å². The van der Waals surface area contributed by atoms with E-state index in [1.165, 1.54) is 0 Å². The summed E-state index contributed by atoms with van der Waals surface area (Å²) in [5.74, 6) is -21.6. The zero-order valence-electron chi connectivity index (χ0n) is 60.2. The van der Waals surface area contributed by atoms with Gasteiger partial charge in [-0.3, -0.25) is 116 Å². The number of nitrogens with one attached hydrogen (secondary N) is 3. The number of aliphatic hydroxyl groups excluding tert-OH is 9. The molecule has 0 unspecified atom stereocenters. The first-order chi connectivity index (χ1) is 52.5. The van der Waals surface area contributed by atoms with E-state index in [9.17, 15) is 179 Å². The van der Waals surface area contributed by atoms with Crippen LogP contribution in [0.15, 0.2) is 0 Å². The van der Waals surface area contributed by atoms with Crippen LogP contribution in [0.1, 0.15) is 0 Å². The SMILES string of the molecule is O=C(O)CN(CCN(CC(=O)O)CC(=O)O)CCN(CC(=O)O)CC(=O)N[C@H]1[C@@H](O[C@@H]([C@H](O)[C@H](CO)NC(=O)CN(CCN(CCN(CC(=O)O)CC(=O)O)CC(=O)O)CC(=O)O)[C@H](O)CO)O[C@H](CO)[C@@H](O[C@H]2O[C@H](CO)[C@@H](O)[C@H](O)[C@H]2NC(=O)CN(CCN(CCN(CC(=O)O)CC(=O)O)CC(=O)O)CC(=O)O)[C@@H]1O. The molecule has 14 atom stereocenters. The number of ether oxygens (including phenoxy) is 4. The minimum atomic E-state index is -2.52. The highest BCUT2D eigenvalue weighted by Crippen LogP contribution is 2.31. The van der Waals surface area contributed by atoms with Crippen LogP contribution in [-0.2, 0) is 90.9 Å². The molecule has 0 spiro atoms. The molecule has 2 saturated heterocycles. The number of carbonyl (C=O) groups excluding carboxylic acids is 3. The van der Waals surface area contributed by atoms with Crippen LogP contribution in [0.5, 0.6) is 0 Å². The minimum absolute atomic E-state index is 0.314. The third kappa shape index (κ3) is 39.1. The van der Waals surface area contributed by atoms with Gasteiger partial charge in [-0.25, -0.2) is 0 Å². The Morgan fingerprint density at radius 2 is 0.580 bits per heavy atom. The molecule has 52 nitrogen and oxygen atoms in total. The third-order valence-electron chi connectivity index (χ3n) is 16.6. The Balaban J connectivity index is 2.78. The number of aliphatic hydroxyl groups is 9. The number of amides is 3. The Morgan fingerprint density at radius 1 is 0.321 bits per heavy atom. The average Bonchev–Trinajstić information content (AvgIpc) is 0.773. The van der Waals surface area contributed by atoms with Crippen LogP contribution in [0.25, 0.3) is 0 Å². The van der Waals surface area contributed by atoms with E-state index >= 15 is 0 Å². The van der Waals surface area contributed by atoms with Gasteiger partial charge in [0.05, 0.1) is 131 Å². The predicted octanol–water partition coefficient (Wildman–Crippen LogP) is -15.8. The van der Waals surface area contributed by atoms with Gasteiger partial charge in [0.25, 0.3) is 0 Å². The van der Waals surface area contributed by atoms with E-state index in [0.29, 0.717) is 0 Å². The summed E-state index contributed by atoms with van der Waals surface area (Å²) in [7, 11) is 0. The lowest BCUT2D eigenvalue weighted by Gasteiger charge is -2.49. The maximum absolute atomic E-state index is 14.5. The first-order valence-electron chi connectivity index (χ1n) is 33.9. The van der Waals surface area contributed by atoms with Gasteiger partial charge in [-0.15, -0.1) is 0 Å². The molecule has 0 aromatic heterocycles. The number of hydrogen-bond donors (Lipinski definition) is 24. The molecule has 0 radical (unpaired) electrons. The van der Waals surface area contributed by atoms with Crippen LogP contribution in [0.4, 0.5) is 0 Å². The summed E-state index contributed by atoms with van der Waals surface area (Å²) in [5.41, 5.74) is 0. The number of carboxylic acids is 12. The zero-order valence-corrected chi connectivity index (χ0v) is 60.2. The van der Waals surface area contributed by atoms with Crippen LogP contribution < -0.4 is 16.0 Å². The maximum atomic E-state index is 14.5. The summed E-state index contributed by atoms with van der Waals surface area (Å²) < 4.78 is 23.8. The van der Waals surface area contributed by atoms with Crippen molar-refractivity contribution in [3.8, 4) is 0 Å². The lowest BCUT2D eigenvalue weighted by Crippen LogP contribution is -2.70. The third-order valence-corrected chi connectivity index (χ3v) is 16.6. The van der Waals surface area contributed by atoms with Crippen molar-refractivity contribution >= 4 is 89.4 Å². The van der Waals surface area contributed by atoms with E-state index in [4.69, 9.17) is 18.9 Å². The predicted molar refractivity (Wildman–Crippen MR) is 361 cm³/mol. The van der Waals surface area contributed by atoms with Crippen molar-refractivity contribution < 1.29 is 198 Å². The molecule has 2 fully saturated rings. The molecule has 0 aromatic carbocycles. The van der Waals surface area contributed by atoms with Gasteiger partial charge in [-0.1, -0.05) is 0 Å². The molecule has 0 aromatic rings. The molecule has 0 bridgehead atoms. The Kier molecular flexibility index (Phi) is 45.2. The molecule has 640 valence electrons. The fourth-order valence-electron chi connectivity index (χ4n) is 11.5. The van der Waals surface area contributed by atoms with Gasteiger partial charge >= 0.3 is 71.6 Å². The molecule has 52 heteroatoms. The van der Waals surface area contributed by atoms with Crippen molar-refractivity contribution in [2.45, 2.75) is 85.6 Å². The van der Waals surface area contributed by atoms with Crippen LogP contribution in [0, 0.1) is 0 Å². The highest BCUT2D eigenvalue weighted by atomic mass is 16.7. The number of nitrogens with zero attached hydrogens (tertiary/aromatic N) is 9. The van der Waals surface area contributed by atoms with Crippen LogP contribution in [0.3, 0.4) is 0 Å². The summed E-state index contributed by atoms with van der Waals surface area (Å²) in [6.07, 6.45) is -25.3. The molecule has 3 amide bonds. The van der Waals surface area contributed by atoms with Crippen molar-refractivity contribution in [1.82, 2.24) is 60.0 Å². The molecule has 24 N–H and O–H groups in total. The highest BCUT2D eigenvalue weighted by Gasteiger charge is 2.54. The Hall–Kier alpha value is -8.83. The van der Waals surface area contributed by atoms with E-state index < -0.39 is 332 Å². The molecule has 2 aliphatic rings. The van der Waals surface area contributed by atoms with Crippen molar-refractivity contribution in [2.24, 2.45) is 0 Å². The maximum Gasteiger partial charge on any atom is 0.317 e. The van der Waals surface area contributed by atoms with Gasteiger partial charge in [0, 0.05) is 78.5 Å². The second kappa shape index (κ2) is 51.0. The largest absolute Gasteiger partial charge is 0.480 e. The summed E-state index contributed by atoms with van der Waals surface area (Å²) in [6.45, 7) is -23.2. The summed E-state index contributed by atoms with van der Waals surface area (Å²) >= 11 is 0. The lowest BCUT2D eigenvalue weighted by atomic mass is 9.94. The van der Waals surface area contributed by atoms with E-state index in [-0.39, 0.29) is 45.8 Å². The van der Waals surface area contributed by atoms with E-state index in [0.717, 1.165) is 44.1 Å². The summed E-state index contributed by atoms with van der Waals surface area (Å²) in [5, 5.41) is 222. The van der Waals surface area contributed by atoms with Gasteiger partial charge in [-0.05, 0) is 0 Å². The van der Waals surface area contributed by atoms with E-state index in [1.54, 1.807) is 0 Å². The second-order valence-corrected chi connectivity index (χ2v) is 25.7. The topological polar surface area (TPSA) is 783 Å². The average molecular weight is 1630 g/mol. The molecule has 2 rings (SSSR count). The second-order valence-electron chi connectivity index (χ2n) is 25.7. The quantitative estimate of drug-likeness (QED) is 0.0269. The smallest absolute Gasteiger partial charge is 0.317 e. The summed E-state index contributed by atoms with van der Waals surface area (Å²) in [4.78, 5) is 192. The molecule has 0 saturated carbocycles. The lowest BCUT2D eigenvalue weighted by molar-refractivity contribution is -0.341. The van der Waals surface area contributed by atoms with Crippen molar-refractivity contribution in [3.63, 3.8) is 0 Å². The van der Waals surface area contributed by atoms with Crippen molar-refractivity contribution in [3.05, 3.63) is 0 Å². The molecule has 2 aliphatic heterocycles. The fraction of sp³-hybridized carbons (Fsp3) is 0.750. The van der Waals surface area contributed by atoms with Gasteiger partial charge in [0.1, 0.15) is 67.0 Å². The van der Waals surface area contributed by atoms with Crippen LogP contribution in [0.2, 0.25) is 0 Å². The molecule has 2 heterocycles. The van der Waals surface area contributed by atoms with Gasteiger partial charge in [0.2, 0.25) is 17.7 Å². The number of rotatable bonds is 62. The number of carbonyl (C=O) groups is 15. The highest BCUT2D eigenvalue weighted by molar-refractivity contribution is 5.81. The Bertz CT molecular complexity index is 3050. The van der Waals surface area contributed by atoms with Crippen LogP contribution in [-0.4, -0.2) is 529 Å². The normalized spacial score (nSPS) is 21.1. The monoisotopic (exact) mass is 1630 g/mol. The number of carboxylic acid groups (broad SMARTS) is 12. The number of aliphatic carboxylic acids is 12. The summed E-state index contributed by atoms with van der Waals surface area (Å²) in [6, 6.07) is -6.50. The molecular formula is C60H100N12O40. The Morgan fingerprint density at radius 3 is 0.857 bits per heavy atom. The van der Waals surface area contributed by atoms with Crippen molar-refractivity contribution in [2.75, 3.05) is 203 Å². The molecule has 0 aliphatic carbocycles. The zero-order chi connectivity index (χ0) is 84.8. The van der Waals surface area contributed by atoms with Gasteiger partial charge in [0.15, 0.2) is 12.6 Å². The van der Waals surface area contributed by atoms with Gasteiger partial charge < -0.3 is 142 Å². The van der Waals surface area contributed by atoms with E-state index in [2.05, 4.69) is 16.0 Å². The van der Waals surface area contributed by atoms with E-state index in [1.807, 2.05) is 0 Å². The standard InChI is InChI=1S/C60H100N12O40/c73-28-32(61-36(78)13-67(19-42(87)88)7-1-64(16-39(81)82)4-10-70(22-45(93)94)23-46(95)96)53(105)57(33(77)29-74)111-60-52(63-38(80)15-69(21-44(91)92)9-3-66(18-41(85)86)6-12-72(26-49(101)102)27-50(103)104)56(108)58(35(31-76)110-60)112-59-51(55(107)54(106)34(30-75)109-59)62-37(79)14-68(20-43(89)90)8-2-65(17-40(83)84)5-11-71(24-47(97)98)25-48(99)100/h32-35,51-60,73-77,105-108H,1-31H2,(H,61,78)(H,62,79)(H,63,80)(H,81,82)(H,83,84)(H,85,86)(H,87,88)(H,89,90)(H,91,92)(H,93,94)(H,95,96)(H,97,98)(H,99,100)(H,101,102)(H,103,104)/t32-,33+,34+,35+,51+,52+,53+,54+,55+,56+,57+,58+,59+,60+/m0/s1. The number of hydrogen-bond acceptors (Lipinski definition) is 37. The van der Waals surface area contributed by atoms with Crippen molar-refractivity contribution in [1.29, 1.82) is 0 Å².